The number of pyridine rings is 1. The summed E-state index contributed by atoms with van der Waals surface area (Å²) in [5, 5.41) is 5.99. The van der Waals surface area contributed by atoms with Crippen molar-refractivity contribution in [3.63, 3.8) is 0 Å². The molecule has 0 unspecified atom stereocenters. The van der Waals surface area contributed by atoms with Gasteiger partial charge in [0.2, 0.25) is 11.8 Å². The minimum absolute atomic E-state index is 0. The molecule has 1 saturated carbocycles. The molecule has 3 N–H and O–H groups in total. The number of ether oxygens (including phenoxy) is 1. The van der Waals surface area contributed by atoms with Gasteiger partial charge in [-0.3, -0.25) is 4.79 Å². The normalized spacial score (nSPS) is 17.5. The van der Waals surface area contributed by atoms with E-state index in [0.29, 0.717) is 23.4 Å². The van der Waals surface area contributed by atoms with Crippen molar-refractivity contribution >= 4 is 29.1 Å². The Balaban J connectivity index is 0.00000289. The molecule has 0 saturated heterocycles. The van der Waals surface area contributed by atoms with Crippen molar-refractivity contribution in [3.05, 3.63) is 102 Å². The zero-order valence-corrected chi connectivity index (χ0v) is 20.3. The molecule has 0 spiro atoms. The van der Waals surface area contributed by atoms with Crippen molar-refractivity contribution < 1.29 is 9.53 Å². The summed E-state index contributed by atoms with van der Waals surface area (Å²) in [6.45, 7) is 0.826. The second-order valence-electron chi connectivity index (χ2n) is 8.96. The van der Waals surface area contributed by atoms with Crippen molar-refractivity contribution in [3.8, 4) is 11.6 Å². The number of nitrogens with zero attached hydrogens (tertiary/aromatic N) is 1. The largest absolute Gasteiger partial charge is 0.438 e. The molecule has 3 aromatic carbocycles. The number of amides is 1. The average Bonchev–Trinajstić information content (AvgIpc) is 2.89. The van der Waals surface area contributed by atoms with E-state index in [1.165, 1.54) is 48.4 Å². The number of carbonyl (C=O) groups is 1. The lowest BCUT2D eigenvalue weighted by Gasteiger charge is -2.29. The van der Waals surface area contributed by atoms with E-state index in [1.54, 1.807) is 12.1 Å². The zero-order chi connectivity index (χ0) is 23.3. The molecule has 35 heavy (non-hydrogen) atoms. The van der Waals surface area contributed by atoms with E-state index in [2.05, 4.69) is 64.9 Å². The second kappa shape index (κ2) is 11.3. The predicted molar refractivity (Wildman–Crippen MR) is 142 cm³/mol. The van der Waals surface area contributed by atoms with Gasteiger partial charge in [-0.25, -0.2) is 4.98 Å². The third-order valence-corrected chi connectivity index (χ3v) is 6.79. The number of aromatic nitrogens is 1. The monoisotopic (exact) mass is 487 g/mol. The number of carbonyl (C=O) groups excluding carboxylic acids is 1. The lowest BCUT2D eigenvalue weighted by molar-refractivity contribution is 0.1000. The quantitative estimate of drug-likeness (QED) is 0.318. The van der Waals surface area contributed by atoms with E-state index in [1.807, 2.05) is 12.1 Å². The molecule has 0 radical (unpaired) electrons. The van der Waals surface area contributed by atoms with Crippen LogP contribution < -0.4 is 15.8 Å². The van der Waals surface area contributed by atoms with Crippen LogP contribution in [0.15, 0.2) is 85.1 Å². The maximum Gasteiger partial charge on any atom is 0.250 e. The maximum atomic E-state index is 11.3. The van der Waals surface area contributed by atoms with Crippen LogP contribution in [0.4, 0.5) is 0 Å². The summed E-state index contributed by atoms with van der Waals surface area (Å²) in [6.07, 6.45) is 6.30. The Morgan fingerprint density at radius 3 is 2.29 bits per heavy atom. The summed E-state index contributed by atoms with van der Waals surface area (Å²) in [4.78, 5) is 15.5. The fourth-order valence-corrected chi connectivity index (χ4v) is 4.89. The first kappa shape index (κ1) is 24.7. The summed E-state index contributed by atoms with van der Waals surface area (Å²) in [5.74, 6) is 1.34. The highest BCUT2D eigenvalue weighted by atomic mass is 35.5. The topological polar surface area (TPSA) is 77.2 Å². The Morgan fingerprint density at radius 1 is 0.886 bits per heavy atom. The van der Waals surface area contributed by atoms with Crippen LogP contribution in [0.3, 0.4) is 0 Å². The van der Waals surface area contributed by atoms with Crippen molar-refractivity contribution in [2.24, 2.45) is 5.73 Å². The summed E-state index contributed by atoms with van der Waals surface area (Å²) >= 11 is 0. The van der Waals surface area contributed by atoms with E-state index < -0.39 is 5.91 Å². The van der Waals surface area contributed by atoms with E-state index in [4.69, 9.17) is 10.5 Å². The van der Waals surface area contributed by atoms with Crippen LogP contribution in [0.25, 0.3) is 10.8 Å². The maximum absolute atomic E-state index is 11.3. The fourth-order valence-electron chi connectivity index (χ4n) is 4.89. The molecule has 0 bridgehead atoms. The number of primary amides is 1. The van der Waals surface area contributed by atoms with Gasteiger partial charge in [0.1, 0.15) is 5.75 Å². The van der Waals surface area contributed by atoms with Gasteiger partial charge < -0.3 is 15.8 Å². The molecule has 1 heterocycles. The SMILES string of the molecule is Cl.NC(=O)c1ccc(Oc2ccc(CNC3CCC(c4ccccc4)CC3)c3ccccc23)nc1. The molecular weight excluding hydrogens is 458 g/mol. The van der Waals surface area contributed by atoms with E-state index in [9.17, 15) is 4.79 Å². The van der Waals surface area contributed by atoms with E-state index in [-0.39, 0.29) is 12.4 Å². The van der Waals surface area contributed by atoms with Crippen molar-refractivity contribution in [1.82, 2.24) is 10.3 Å². The number of nitrogens with one attached hydrogen (secondary N) is 1. The first-order chi connectivity index (χ1) is 16.7. The predicted octanol–water partition coefficient (Wildman–Crippen LogP) is 6.36. The fraction of sp³-hybridized carbons (Fsp3) is 0.241. The molecule has 5 nitrogen and oxygen atoms in total. The number of hydrogen-bond acceptors (Lipinski definition) is 4. The molecule has 1 aromatic heterocycles. The Hall–Kier alpha value is -3.41. The Labute approximate surface area is 212 Å². The molecule has 1 aliphatic rings. The number of benzene rings is 3. The third kappa shape index (κ3) is 5.81. The van der Waals surface area contributed by atoms with Gasteiger partial charge in [0.15, 0.2) is 0 Å². The Morgan fingerprint density at radius 2 is 1.60 bits per heavy atom. The number of halogens is 1. The molecule has 1 amide bonds. The molecule has 0 atom stereocenters. The lowest BCUT2D eigenvalue weighted by atomic mass is 9.82. The van der Waals surface area contributed by atoms with Gasteiger partial charge in [0, 0.05) is 30.2 Å². The molecule has 6 heteroatoms. The molecule has 1 fully saturated rings. The van der Waals surface area contributed by atoms with Crippen LogP contribution >= 0.6 is 12.4 Å². The molecule has 1 aliphatic carbocycles. The Kier molecular flexibility index (Phi) is 8.01. The minimum Gasteiger partial charge on any atom is -0.438 e. The summed E-state index contributed by atoms with van der Waals surface area (Å²) in [5.41, 5.74) is 8.38. The van der Waals surface area contributed by atoms with Gasteiger partial charge in [0.25, 0.3) is 0 Å². The van der Waals surface area contributed by atoms with E-state index in [0.717, 1.165) is 17.7 Å². The molecule has 4 aromatic rings. The summed E-state index contributed by atoms with van der Waals surface area (Å²) in [7, 11) is 0. The van der Waals surface area contributed by atoms with E-state index >= 15 is 0 Å². The average molecular weight is 488 g/mol. The molecule has 180 valence electrons. The molecular formula is C29H30ClN3O2. The highest BCUT2D eigenvalue weighted by Crippen LogP contribution is 2.34. The zero-order valence-electron chi connectivity index (χ0n) is 19.5. The van der Waals surface area contributed by atoms with Crippen LogP contribution in [0.1, 0.15) is 53.1 Å². The highest BCUT2D eigenvalue weighted by Gasteiger charge is 2.22. The van der Waals surface area contributed by atoms with Gasteiger partial charge in [-0.2, -0.15) is 0 Å². The summed E-state index contributed by atoms with van der Waals surface area (Å²) in [6, 6.07) is 27.1. The van der Waals surface area contributed by atoms with Gasteiger partial charge in [0.05, 0.1) is 5.56 Å². The van der Waals surface area contributed by atoms with Crippen LogP contribution in [-0.4, -0.2) is 16.9 Å². The second-order valence-corrected chi connectivity index (χ2v) is 8.96. The Bertz CT molecular complexity index is 1270. The summed E-state index contributed by atoms with van der Waals surface area (Å²) < 4.78 is 6.05. The van der Waals surface area contributed by atoms with Gasteiger partial charge in [-0.05, 0) is 60.2 Å². The van der Waals surface area contributed by atoms with Crippen LogP contribution in [0, 0.1) is 0 Å². The standard InChI is InChI=1S/C29H29N3O2.ClH/c30-29(33)23-13-17-28(32-19-23)34-27-16-12-22(25-8-4-5-9-26(25)27)18-31-24-14-10-21(11-15-24)20-6-2-1-3-7-20;/h1-9,12-13,16-17,19,21,24,31H,10-11,14-15,18H2,(H2,30,33);1H. The number of fused-ring (bicyclic) bond motifs is 1. The highest BCUT2D eigenvalue weighted by molar-refractivity contribution is 5.92. The van der Waals surface area contributed by atoms with Gasteiger partial charge in [-0.1, -0.05) is 60.7 Å². The number of nitrogens with two attached hydrogens (primary N) is 1. The molecule has 0 aliphatic heterocycles. The van der Waals surface area contributed by atoms with Gasteiger partial charge in [-0.15, -0.1) is 12.4 Å². The number of hydrogen-bond donors (Lipinski definition) is 2. The third-order valence-electron chi connectivity index (χ3n) is 6.79. The van der Waals surface area contributed by atoms with Crippen LogP contribution in [0.5, 0.6) is 11.6 Å². The van der Waals surface area contributed by atoms with Crippen LogP contribution in [-0.2, 0) is 6.54 Å². The van der Waals surface area contributed by atoms with Crippen LogP contribution in [0.2, 0.25) is 0 Å². The first-order valence-electron chi connectivity index (χ1n) is 11.9. The minimum atomic E-state index is -0.505. The smallest absolute Gasteiger partial charge is 0.250 e. The van der Waals surface area contributed by atoms with Crippen molar-refractivity contribution in [1.29, 1.82) is 0 Å². The molecule has 5 rings (SSSR count). The first-order valence-corrected chi connectivity index (χ1v) is 11.9. The number of rotatable bonds is 7. The van der Waals surface area contributed by atoms with Crippen molar-refractivity contribution in [2.75, 3.05) is 0 Å². The lowest BCUT2D eigenvalue weighted by Crippen LogP contribution is -2.32. The van der Waals surface area contributed by atoms with Gasteiger partial charge >= 0.3 is 0 Å². The van der Waals surface area contributed by atoms with Crippen molar-refractivity contribution in [2.45, 2.75) is 44.2 Å².